The van der Waals surface area contributed by atoms with Gasteiger partial charge in [-0.15, -0.1) is 0 Å². The second-order valence-corrected chi connectivity index (χ2v) is 7.84. The van der Waals surface area contributed by atoms with Gasteiger partial charge in [0.25, 0.3) is 0 Å². The fourth-order valence-corrected chi connectivity index (χ4v) is 3.39. The van der Waals surface area contributed by atoms with Crippen LogP contribution in [0, 0.1) is 23.7 Å². The van der Waals surface area contributed by atoms with E-state index >= 15 is 0 Å². The molecular formula is C22H44AlLiO6. The zero-order valence-electron chi connectivity index (χ0n) is 20.0. The Kier molecular flexibility index (Phi) is 21.1. The van der Waals surface area contributed by atoms with Gasteiger partial charge >= 0.3 is 30.8 Å². The van der Waals surface area contributed by atoms with E-state index in [-0.39, 0.29) is 43.6 Å². The van der Waals surface area contributed by atoms with Crippen LogP contribution in [-0.2, 0) is 23.8 Å². The maximum absolute atomic E-state index is 11.6. The molecule has 1 N–H and O–H groups in total. The molecule has 3 rings (SSSR count). The van der Waals surface area contributed by atoms with E-state index in [4.69, 9.17) is 19.3 Å². The molecule has 0 aromatic carbocycles. The largest absolute Gasteiger partial charge is 1.00 e. The number of rotatable bonds is 7. The number of aliphatic hydroxyl groups is 1. The molecule has 0 aromatic heterocycles. The first kappa shape index (κ1) is 32.2. The van der Waals surface area contributed by atoms with E-state index < -0.39 is 17.9 Å². The van der Waals surface area contributed by atoms with Crippen molar-refractivity contribution in [2.75, 3.05) is 33.0 Å². The first-order valence-corrected chi connectivity index (χ1v) is 11.1. The number of ether oxygens (including phenoxy) is 3. The molecule has 2 aliphatic carbocycles. The van der Waals surface area contributed by atoms with Crippen LogP contribution in [0.25, 0.3) is 0 Å². The van der Waals surface area contributed by atoms with Crippen LogP contribution in [0.1, 0.15) is 73.6 Å². The Morgan fingerprint density at radius 2 is 1.37 bits per heavy atom. The van der Waals surface area contributed by atoms with Crippen molar-refractivity contribution in [3.8, 4) is 0 Å². The molecule has 1 unspecified atom stereocenters. The van der Waals surface area contributed by atoms with E-state index in [9.17, 15) is 9.59 Å². The summed E-state index contributed by atoms with van der Waals surface area (Å²) in [5, 5.41) is 8.67. The zero-order chi connectivity index (χ0) is 20.8. The van der Waals surface area contributed by atoms with Crippen molar-refractivity contribution in [2.24, 2.45) is 23.7 Å². The number of esters is 2. The molecule has 3 fully saturated rings. The molecule has 0 spiro atoms. The van der Waals surface area contributed by atoms with Crippen molar-refractivity contribution in [1.82, 2.24) is 0 Å². The minimum atomic E-state index is -0.696. The Balaban J connectivity index is -0.000000414. The average Bonchev–Trinajstić information content (AvgIpc) is 3.17. The predicted molar refractivity (Wildman–Crippen MR) is 119 cm³/mol. The van der Waals surface area contributed by atoms with Crippen molar-refractivity contribution in [2.45, 2.75) is 72.1 Å². The smallest absolute Gasteiger partial charge is 1.00 e. The van der Waals surface area contributed by atoms with E-state index in [0.29, 0.717) is 25.7 Å². The summed E-state index contributed by atoms with van der Waals surface area (Å²) in [6.07, 6.45) is 9.56. The molecule has 1 aliphatic heterocycles. The molecule has 0 aromatic rings. The van der Waals surface area contributed by atoms with Crippen LogP contribution in [0.4, 0.5) is 0 Å². The van der Waals surface area contributed by atoms with Gasteiger partial charge in [0, 0.05) is 19.8 Å². The van der Waals surface area contributed by atoms with Gasteiger partial charge in [0.15, 0.2) is 23.3 Å². The first-order chi connectivity index (χ1) is 13.5. The summed E-state index contributed by atoms with van der Waals surface area (Å²) in [7, 11) is 0. The first-order valence-electron chi connectivity index (χ1n) is 11.1. The summed E-state index contributed by atoms with van der Waals surface area (Å²) in [5.41, 5.74) is 0. The summed E-state index contributed by atoms with van der Waals surface area (Å²) < 4.78 is 14.7. The van der Waals surface area contributed by atoms with Crippen LogP contribution in [-0.4, -0.2) is 67.4 Å². The second kappa shape index (κ2) is 19.7. The van der Waals surface area contributed by atoms with Gasteiger partial charge in [0.05, 0.1) is 13.2 Å². The van der Waals surface area contributed by atoms with Gasteiger partial charge < -0.3 is 20.7 Å². The Labute approximate surface area is 207 Å². The molecule has 0 bridgehead atoms. The quantitative estimate of drug-likeness (QED) is 0.333. The van der Waals surface area contributed by atoms with E-state index in [1.807, 2.05) is 0 Å². The van der Waals surface area contributed by atoms with Crippen molar-refractivity contribution in [3.05, 3.63) is 0 Å². The van der Waals surface area contributed by atoms with Crippen molar-refractivity contribution in [1.29, 1.82) is 0 Å². The monoisotopic (exact) mass is 438 g/mol. The summed E-state index contributed by atoms with van der Waals surface area (Å²) in [6.45, 7) is 8.60. The van der Waals surface area contributed by atoms with Crippen LogP contribution >= 0.6 is 0 Å². The van der Waals surface area contributed by atoms with E-state index in [1.54, 1.807) is 13.8 Å². The third-order valence-corrected chi connectivity index (χ3v) is 5.77. The second-order valence-electron chi connectivity index (χ2n) is 7.84. The minimum Gasteiger partial charge on any atom is -1.00 e. The number of hydrogen-bond donors (Lipinski definition) is 1. The molecule has 172 valence electrons. The van der Waals surface area contributed by atoms with Gasteiger partial charge in [-0.25, -0.2) is 0 Å². The Hall–Kier alpha value is -0.0101. The molecule has 0 amide bonds. The third kappa shape index (κ3) is 12.1. The van der Waals surface area contributed by atoms with Gasteiger partial charge in [-0.1, -0.05) is 32.6 Å². The molecule has 1 heterocycles. The van der Waals surface area contributed by atoms with Gasteiger partial charge in [-0.2, -0.15) is 0 Å². The molecule has 6 nitrogen and oxygen atoms in total. The van der Waals surface area contributed by atoms with E-state index in [0.717, 1.165) is 38.4 Å². The molecule has 3 aliphatic rings. The maximum atomic E-state index is 11.6. The molecule has 2 saturated carbocycles. The van der Waals surface area contributed by atoms with E-state index in [1.165, 1.54) is 32.1 Å². The molecule has 1 saturated heterocycles. The van der Waals surface area contributed by atoms with Crippen molar-refractivity contribution >= 4 is 29.3 Å². The molecule has 8 heteroatoms. The van der Waals surface area contributed by atoms with E-state index in [2.05, 4.69) is 6.92 Å². The van der Waals surface area contributed by atoms with Crippen LogP contribution in [0.5, 0.6) is 0 Å². The Morgan fingerprint density at radius 1 is 0.933 bits per heavy atom. The molecule has 30 heavy (non-hydrogen) atoms. The van der Waals surface area contributed by atoms with Crippen LogP contribution < -0.4 is 18.9 Å². The van der Waals surface area contributed by atoms with Crippen molar-refractivity contribution < 1.29 is 49.2 Å². The molecule has 1 atom stereocenters. The van der Waals surface area contributed by atoms with Gasteiger partial charge in [0.2, 0.25) is 0 Å². The Bertz CT molecular complexity index is 417. The summed E-state index contributed by atoms with van der Waals surface area (Å²) in [6, 6.07) is 0. The number of carbonyl (C=O) groups excluding carboxylic acids is 2. The summed E-state index contributed by atoms with van der Waals surface area (Å²) in [4.78, 5) is 23.1. The maximum Gasteiger partial charge on any atom is 1.00 e. The van der Waals surface area contributed by atoms with Gasteiger partial charge in [-0.3, -0.25) is 9.59 Å². The number of carbonyl (C=O) groups is 2. The summed E-state index contributed by atoms with van der Waals surface area (Å²) in [5.74, 6) is -0.0215. The third-order valence-electron chi connectivity index (χ3n) is 5.77. The topological polar surface area (TPSA) is 82.1 Å². The average molecular weight is 439 g/mol. The SMILES string of the molecule is C1CCOC1.CC(CO)C1CCC1.CCOC(=O)C(C(=O)OCC)C1CCC1.[AlH3].[H-].[Li+]. The van der Waals surface area contributed by atoms with Crippen LogP contribution in [0.3, 0.4) is 0 Å². The fourth-order valence-electron chi connectivity index (χ4n) is 3.39. The predicted octanol–water partition coefficient (Wildman–Crippen LogP) is -0.327. The molecular weight excluding hydrogens is 394 g/mol. The van der Waals surface area contributed by atoms with Crippen LogP contribution in [0.15, 0.2) is 0 Å². The van der Waals surface area contributed by atoms with Crippen LogP contribution in [0.2, 0.25) is 0 Å². The minimum absolute atomic E-state index is 0. The standard InChI is InChI=1S/C11H18O4.C7H14O.C4H8O.Al.Li.4H/c1-3-14-10(12)9(8-6-5-7-8)11(13)15-4-2;1-6(5-8)7-3-2-4-7;1-2-4-5-3-1;;;;;;/h8-9H,3-7H2,1-2H3;6-8H,2-5H2,1H3;1-4H2;;;;;;/q;;;;+1;;;;-1. The van der Waals surface area contributed by atoms with Gasteiger partial charge in [-0.05, 0) is 57.3 Å². The summed E-state index contributed by atoms with van der Waals surface area (Å²) >= 11 is 0. The fraction of sp³-hybridized carbons (Fsp3) is 0.909. The van der Waals surface area contributed by atoms with Gasteiger partial charge in [0.1, 0.15) is 0 Å². The normalized spacial score (nSPS) is 18.6. The molecule has 0 radical (unpaired) electrons. The number of hydrogen-bond acceptors (Lipinski definition) is 6. The number of aliphatic hydroxyl groups excluding tert-OH is 1. The Morgan fingerprint density at radius 3 is 1.57 bits per heavy atom. The zero-order valence-corrected chi connectivity index (χ0v) is 19.0. The van der Waals surface area contributed by atoms with Crippen molar-refractivity contribution in [3.63, 3.8) is 0 Å².